The standard InChI is InChI=1S/C8H7FO2.C2H2F2/c1-6-2-4-7(5-3-6)8(10)11-9;3-1-2-4/h2-5H,1H3;1-2H. The van der Waals surface area contributed by atoms with Crippen LogP contribution in [-0.4, -0.2) is 5.97 Å². The summed E-state index contributed by atoms with van der Waals surface area (Å²) < 4.78 is 31.7. The van der Waals surface area contributed by atoms with E-state index in [-0.39, 0.29) is 18.2 Å². The van der Waals surface area contributed by atoms with Crippen molar-refractivity contribution in [3.05, 3.63) is 48.1 Å². The van der Waals surface area contributed by atoms with Crippen molar-refractivity contribution in [2.45, 2.75) is 6.92 Å². The molecule has 82 valence electrons. The van der Waals surface area contributed by atoms with Gasteiger partial charge in [-0.15, -0.1) is 0 Å². The number of carbonyl (C=O) groups excluding carboxylic acids is 1. The largest absolute Gasteiger partial charge is 0.379 e. The molecule has 0 aliphatic heterocycles. The van der Waals surface area contributed by atoms with Gasteiger partial charge >= 0.3 is 5.97 Å². The lowest BCUT2D eigenvalue weighted by molar-refractivity contribution is -0.0788. The summed E-state index contributed by atoms with van der Waals surface area (Å²) in [5, 5.41) is 0. The average molecular weight is 218 g/mol. The normalized spacial score (nSPS) is 9.33. The molecule has 1 aromatic carbocycles. The predicted molar refractivity (Wildman–Crippen MR) is 49.1 cm³/mol. The van der Waals surface area contributed by atoms with E-state index in [2.05, 4.69) is 4.94 Å². The highest BCUT2D eigenvalue weighted by atomic mass is 19.3. The molecule has 0 unspecified atom stereocenters. The monoisotopic (exact) mass is 218 g/mol. The van der Waals surface area contributed by atoms with Gasteiger partial charge in [-0.1, -0.05) is 17.7 Å². The Balaban J connectivity index is 0.000000423. The first-order valence-electron chi connectivity index (χ1n) is 3.90. The van der Waals surface area contributed by atoms with Gasteiger partial charge in [0.1, 0.15) is 12.7 Å². The van der Waals surface area contributed by atoms with Crippen LogP contribution < -0.4 is 0 Å². The number of hydrogen-bond donors (Lipinski definition) is 0. The second kappa shape index (κ2) is 7.61. The van der Waals surface area contributed by atoms with Gasteiger partial charge < -0.3 is 0 Å². The number of carbonyl (C=O) groups is 1. The molecule has 0 saturated carbocycles. The van der Waals surface area contributed by atoms with Crippen molar-refractivity contribution in [2.24, 2.45) is 0 Å². The Hall–Kier alpha value is -1.78. The van der Waals surface area contributed by atoms with Crippen LogP contribution in [0.4, 0.5) is 13.3 Å². The van der Waals surface area contributed by atoms with Crippen LogP contribution in [0.25, 0.3) is 0 Å². The number of rotatable bonds is 1. The molecule has 0 radical (unpaired) electrons. The summed E-state index contributed by atoms with van der Waals surface area (Å²) in [5.74, 6) is -0.954. The molecule has 0 aliphatic rings. The van der Waals surface area contributed by atoms with Crippen LogP contribution in [-0.2, 0) is 4.94 Å². The zero-order valence-corrected chi connectivity index (χ0v) is 7.91. The molecule has 1 rings (SSSR count). The minimum atomic E-state index is -0.954. The molecule has 0 aromatic heterocycles. The molecule has 0 bridgehead atoms. The highest BCUT2D eigenvalue weighted by molar-refractivity contribution is 5.88. The lowest BCUT2D eigenvalue weighted by Gasteiger charge is -1.94. The Morgan fingerprint density at radius 3 is 2.00 bits per heavy atom. The molecule has 1 aromatic rings. The third kappa shape index (κ3) is 5.51. The smallest absolute Gasteiger partial charge is 0.249 e. The minimum absolute atomic E-state index is 0.167. The van der Waals surface area contributed by atoms with Crippen molar-refractivity contribution >= 4 is 5.97 Å². The van der Waals surface area contributed by atoms with Crippen LogP contribution in [0.15, 0.2) is 36.9 Å². The zero-order valence-electron chi connectivity index (χ0n) is 7.91. The van der Waals surface area contributed by atoms with Crippen molar-refractivity contribution < 1.29 is 23.0 Å². The summed E-state index contributed by atoms with van der Waals surface area (Å²) in [5.41, 5.74) is 1.23. The van der Waals surface area contributed by atoms with E-state index in [9.17, 15) is 18.1 Å². The van der Waals surface area contributed by atoms with E-state index >= 15 is 0 Å². The summed E-state index contributed by atoms with van der Waals surface area (Å²) in [7, 11) is 0. The van der Waals surface area contributed by atoms with E-state index in [1.807, 2.05) is 6.92 Å². The van der Waals surface area contributed by atoms with Gasteiger partial charge in [0.25, 0.3) is 0 Å². The molecule has 5 heteroatoms. The van der Waals surface area contributed by atoms with Gasteiger partial charge in [-0.25, -0.2) is 18.5 Å². The molecule has 0 spiro atoms. The van der Waals surface area contributed by atoms with Crippen molar-refractivity contribution in [3.8, 4) is 0 Å². The second-order valence-corrected chi connectivity index (χ2v) is 2.48. The third-order valence-electron chi connectivity index (χ3n) is 1.40. The van der Waals surface area contributed by atoms with Gasteiger partial charge in [0.15, 0.2) is 0 Å². The second-order valence-electron chi connectivity index (χ2n) is 2.48. The fraction of sp³-hybridized carbons (Fsp3) is 0.100. The summed E-state index contributed by atoms with van der Waals surface area (Å²) in [4.78, 5) is 13.6. The molecule has 0 aliphatic carbocycles. The Morgan fingerprint density at radius 2 is 1.67 bits per heavy atom. The Labute approximate surface area is 84.9 Å². The van der Waals surface area contributed by atoms with Gasteiger partial charge in [0, 0.05) is 4.53 Å². The van der Waals surface area contributed by atoms with Crippen molar-refractivity contribution in [2.75, 3.05) is 0 Å². The van der Waals surface area contributed by atoms with E-state index < -0.39 is 5.97 Å². The molecular weight excluding hydrogens is 209 g/mol. The van der Waals surface area contributed by atoms with Crippen molar-refractivity contribution in [3.63, 3.8) is 0 Å². The third-order valence-corrected chi connectivity index (χ3v) is 1.40. The van der Waals surface area contributed by atoms with Crippen LogP contribution in [0.1, 0.15) is 15.9 Å². The fourth-order valence-electron chi connectivity index (χ4n) is 0.734. The molecule has 0 atom stereocenters. The Bertz CT molecular complexity index is 316. The molecule has 0 saturated heterocycles. The lowest BCUT2D eigenvalue weighted by Crippen LogP contribution is -1.97. The van der Waals surface area contributed by atoms with E-state index in [1.54, 1.807) is 12.1 Å². The van der Waals surface area contributed by atoms with Gasteiger partial charge in [0.2, 0.25) is 0 Å². The van der Waals surface area contributed by atoms with E-state index in [4.69, 9.17) is 0 Å². The van der Waals surface area contributed by atoms with Crippen molar-refractivity contribution in [1.82, 2.24) is 0 Å². The Kier molecular flexibility index (Phi) is 6.70. The Morgan fingerprint density at radius 1 is 1.20 bits per heavy atom. The molecular formula is C10H9F3O2. The quantitative estimate of drug-likeness (QED) is 0.721. The number of hydrogen-bond acceptors (Lipinski definition) is 2. The summed E-state index contributed by atoms with van der Waals surface area (Å²) in [6.45, 7) is 1.88. The van der Waals surface area contributed by atoms with E-state index in [1.165, 1.54) is 12.1 Å². The summed E-state index contributed by atoms with van der Waals surface area (Å²) >= 11 is 0. The molecule has 15 heavy (non-hydrogen) atoms. The first-order valence-corrected chi connectivity index (χ1v) is 3.90. The minimum Gasteiger partial charge on any atom is -0.249 e. The maximum atomic E-state index is 11.3. The SMILES string of the molecule is Cc1ccc(C(=O)OF)cc1.FC=CF. The van der Waals surface area contributed by atoms with Crippen molar-refractivity contribution in [1.29, 1.82) is 0 Å². The number of halogens is 3. The maximum Gasteiger partial charge on any atom is 0.379 e. The number of aryl methyl sites for hydroxylation is 1. The summed E-state index contributed by atoms with van der Waals surface area (Å²) in [6.07, 6.45) is -0.333. The van der Waals surface area contributed by atoms with Gasteiger partial charge in [-0.2, -0.15) is 0 Å². The zero-order chi connectivity index (χ0) is 11.7. The lowest BCUT2D eigenvalue weighted by atomic mass is 10.2. The maximum absolute atomic E-state index is 11.3. The molecule has 0 amide bonds. The van der Waals surface area contributed by atoms with E-state index in [0.717, 1.165) is 5.56 Å². The predicted octanol–water partition coefficient (Wildman–Crippen LogP) is 3.43. The fourth-order valence-corrected chi connectivity index (χ4v) is 0.734. The molecule has 0 heterocycles. The molecule has 0 fully saturated rings. The van der Waals surface area contributed by atoms with Crippen LogP contribution in [0, 0.1) is 6.92 Å². The van der Waals surface area contributed by atoms with Crippen LogP contribution >= 0.6 is 0 Å². The first kappa shape index (κ1) is 13.2. The van der Waals surface area contributed by atoms with Crippen LogP contribution in [0.2, 0.25) is 0 Å². The van der Waals surface area contributed by atoms with Crippen LogP contribution in [0.5, 0.6) is 0 Å². The van der Waals surface area contributed by atoms with Crippen LogP contribution in [0.3, 0.4) is 0 Å². The highest BCUT2D eigenvalue weighted by Crippen LogP contribution is 2.04. The van der Waals surface area contributed by atoms with Gasteiger partial charge in [-0.3, -0.25) is 0 Å². The van der Waals surface area contributed by atoms with Gasteiger partial charge in [0.05, 0.1) is 5.56 Å². The topological polar surface area (TPSA) is 26.3 Å². The molecule has 0 N–H and O–H groups in total. The average Bonchev–Trinajstić information content (AvgIpc) is 2.29. The first-order chi connectivity index (χ1) is 7.15. The highest BCUT2D eigenvalue weighted by Gasteiger charge is 2.05. The van der Waals surface area contributed by atoms with Gasteiger partial charge in [-0.05, 0) is 19.1 Å². The van der Waals surface area contributed by atoms with E-state index in [0.29, 0.717) is 0 Å². The molecule has 2 nitrogen and oxygen atoms in total. The number of benzene rings is 1. The summed E-state index contributed by atoms with van der Waals surface area (Å²) in [6, 6.07) is 6.45.